The number of amides is 1. The summed E-state index contributed by atoms with van der Waals surface area (Å²) in [6.07, 6.45) is 0.946. The first-order valence-electron chi connectivity index (χ1n) is 7.85. The maximum absolute atomic E-state index is 12.0. The van der Waals surface area contributed by atoms with Gasteiger partial charge < -0.3 is 15.0 Å². The molecule has 0 saturated carbocycles. The summed E-state index contributed by atoms with van der Waals surface area (Å²) in [5, 5.41) is 2.93. The van der Waals surface area contributed by atoms with Gasteiger partial charge in [0.05, 0.1) is 0 Å². The van der Waals surface area contributed by atoms with Gasteiger partial charge >= 0.3 is 0 Å². The zero-order valence-corrected chi connectivity index (χ0v) is 13.8. The molecule has 0 unspecified atom stereocenters. The highest BCUT2D eigenvalue weighted by molar-refractivity contribution is 5.94. The second kappa shape index (κ2) is 8.96. The van der Waals surface area contributed by atoms with Gasteiger partial charge in [0.2, 0.25) is 0 Å². The van der Waals surface area contributed by atoms with Gasteiger partial charge in [0.15, 0.2) is 0 Å². The van der Waals surface area contributed by atoms with E-state index in [0.29, 0.717) is 18.7 Å². The van der Waals surface area contributed by atoms with E-state index in [1.807, 2.05) is 68.7 Å². The number of rotatable bonds is 8. The van der Waals surface area contributed by atoms with E-state index in [-0.39, 0.29) is 5.91 Å². The van der Waals surface area contributed by atoms with Crippen molar-refractivity contribution in [3.05, 3.63) is 65.7 Å². The molecule has 0 fully saturated rings. The zero-order chi connectivity index (χ0) is 16.5. The van der Waals surface area contributed by atoms with Crippen LogP contribution in [0.2, 0.25) is 0 Å². The highest BCUT2D eigenvalue weighted by Crippen LogP contribution is 2.12. The summed E-state index contributed by atoms with van der Waals surface area (Å²) in [7, 11) is 4.05. The molecule has 1 amide bonds. The fourth-order valence-corrected chi connectivity index (χ4v) is 2.13. The van der Waals surface area contributed by atoms with E-state index in [4.69, 9.17) is 4.74 Å². The van der Waals surface area contributed by atoms with Crippen LogP contribution in [0.3, 0.4) is 0 Å². The summed E-state index contributed by atoms with van der Waals surface area (Å²) < 4.78 is 5.69. The van der Waals surface area contributed by atoms with Crippen molar-refractivity contribution in [2.75, 3.05) is 27.2 Å². The van der Waals surface area contributed by atoms with Crippen LogP contribution in [0.15, 0.2) is 54.6 Å². The molecule has 1 N–H and O–H groups in total. The zero-order valence-electron chi connectivity index (χ0n) is 13.8. The Hall–Kier alpha value is -2.33. The minimum atomic E-state index is -0.0284. The molecule has 2 rings (SSSR count). The van der Waals surface area contributed by atoms with Crippen molar-refractivity contribution in [1.82, 2.24) is 10.2 Å². The van der Waals surface area contributed by atoms with Gasteiger partial charge in [0.1, 0.15) is 12.4 Å². The molecule has 0 aromatic heterocycles. The van der Waals surface area contributed by atoms with Gasteiger partial charge in [-0.3, -0.25) is 4.79 Å². The Morgan fingerprint density at radius 3 is 2.39 bits per heavy atom. The smallest absolute Gasteiger partial charge is 0.251 e. The number of ether oxygens (including phenoxy) is 1. The number of hydrogen-bond acceptors (Lipinski definition) is 3. The normalized spacial score (nSPS) is 10.6. The molecular weight excluding hydrogens is 288 g/mol. The van der Waals surface area contributed by atoms with Crippen LogP contribution in [0.5, 0.6) is 5.75 Å². The molecule has 0 radical (unpaired) electrons. The van der Waals surface area contributed by atoms with Gasteiger partial charge in [-0.05, 0) is 56.9 Å². The highest BCUT2D eigenvalue weighted by atomic mass is 16.5. The Kier molecular flexibility index (Phi) is 6.63. The predicted octanol–water partition coefficient (Wildman–Crippen LogP) is 2.95. The van der Waals surface area contributed by atoms with Gasteiger partial charge in [-0.15, -0.1) is 0 Å². The first-order valence-corrected chi connectivity index (χ1v) is 7.85. The van der Waals surface area contributed by atoms with Crippen LogP contribution in [-0.2, 0) is 6.61 Å². The molecule has 0 aliphatic rings. The number of nitrogens with zero attached hydrogens (tertiary/aromatic N) is 1. The number of nitrogens with one attached hydrogen (secondary N) is 1. The van der Waals surface area contributed by atoms with E-state index < -0.39 is 0 Å². The fraction of sp³-hybridized carbons (Fsp3) is 0.316. The second-order valence-electron chi connectivity index (χ2n) is 5.71. The Labute approximate surface area is 138 Å². The van der Waals surface area contributed by atoms with Crippen LogP contribution in [0.25, 0.3) is 0 Å². The number of hydrogen-bond donors (Lipinski definition) is 1. The van der Waals surface area contributed by atoms with Crippen molar-refractivity contribution in [3.63, 3.8) is 0 Å². The SMILES string of the molecule is CN(C)CCCNC(=O)c1ccc(COc2ccccc2)cc1. The molecule has 0 bridgehead atoms. The Bertz CT molecular complexity index is 595. The monoisotopic (exact) mass is 312 g/mol. The quantitative estimate of drug-likeness (QED) is 0.762. The first kappa shape index (κ1) is 17.0. The molecule has 0 aliphatic carbocycles. The number of benzene rings is 2. The van der Waals surface area contributed by atoms with E-state index >= 15 is 0 Å². The van der Waals surface area contributed by atoms with Crippen LogP contribution in [0, 0.1) is 0 Å². The van der Waals surface area contributed by atoms with Gasteiger partial charge in [-0.2, -0.15) is 0 Å². The van der Waals surface area contributed by atoms with Crippen LogP contribution in [-0.4, -0.2) is 38.0 Å². The summed E-state index contributed by atoms with van der Waals surface area (Å²) in [4.78, 5) is 14.1. The maximum atomic E-state index is 12.0. The molecule has 122 valence electrons. The average Bonchev–Trinajstić information content (AvgIpc) is 2.58. The van der Waals surface area contributed by atoms with E-state index in [2.05, 4.69) is 10.2 Å². The lowest BCUT2D eigenvalue weighted by Gasteiger charge is -2.10. The molecule has 0 aliphatic heterocycles. The first-order chi connectivity index (χ1) is 11.1. The number of carbonyl (C=O) groups is 1. The van der Waals surface area contributed by atoms with Gasteiger partial charge in [-0.1, -0.05) is 30.3 Å². The van der Waals surface area contributed by atoms with Crippen LogP contribution in [0.1, 0.15) is 22.3 Å². The summed E-state index contributed by atoms with van der Waals surface area (Å²) in [5.74, 6) is 0.814. The highest BCUT2D eigenvalue weighted by Gasteiger charge is 2.05. The van der Waals surface area contributed by atoms with Crippen molar-refractivity contribution < 1.29 is 9.53 Å². The van der Waals surface area contributed by atoms with Crippen molar-refractivity contribution in [1.29, 1.82) is 0 Å². The van der Waals surface area contributed by atoms with E-state index in [0.717, 1.165) is 24.3 Å². The van der Waals surface area contributed by atoms with Crippen LogP contribution in [0.4, 0.5) is 0 Å². The average molecular weight is 312 g/mol. The minimum Gasteiger partial charge on any atom is -0.489 e. The molecular formula is C19H24N2O2. The van der Waals surface area contributed by atoms with Crippen molar-refractivity contribution in [3.8, 4) is 5.75 Å². The van der Waals surface area contributed by atoms with Crippen molar-refractivity contribution >= 4 is 5.91 Å². The third-order valence-corrected chi connectivity index (χ3v) is 3.43. The fourth-order valence-electron chi connectivity index (χ4n) is 2.13. The third kappa shape index (κ3) is 6.12. The lowest BCUT2D eigenvalue weighted by molar-refractivity contribution is 0.0952. The van der Waals surface area contributed by atoms with E-state index in [1.165, 1.54) is 0 Å². The Balaban J connectivity index is 1.78. The standard InChI is InChI=1S/C19H24N2O2/c1-21(2)14-6-13-20-19(22)17-11-9-16(10-12-17)15-23-18-7-4-3-5-8-18/h3-5,7-12H,6,13-15H2,1-2H3,(H,20,22). The van der Waals surface area contributed by atoms with Crippen molar-refractivity contribution in [2.45, 2.75) is 13.0 Å². The van der Waals surface area contributed by atoms with Gasteiger partial charge in [0.25, 0.3) is 5.91 Å². The molecule has 0 spiro atoms. The second-order valence-corrected chi connectivity index (χ2v) is 5.71. The molecule has 23 heavy (non-hydrogen) atoms. The molecule has 2 aromatic carbocycles. The van der Waals surface area contributed by atoms with Gasteiger partial charge in [0, 0.05) is 12.1 Å². The lowest BCUT2D eigenvalue weighted by Crippen LogP contribution is -2.27. The molecule has 4 nitrogen and oxygen atoms in total. The van der Waals surface area contributed by atoms with Crippen molar-refractivity contribution in [2.24, 2.45) is 0 Å². The minimum absolute atomic E-state index is 0.0284. The van der Waals surface area contributed by atoms with Gasteiger partial charge in [-0.25, -0.2) is 0 Å². The van der Waals surface area contributed by atoms with E-state index in [9.17, 15) is 4.79 Å². The third-order valence-electron chi connectivity index (χ3n) is 3.43. The Morgan fingerprint density at radius 2 is 1.74 bits per heavy atom. The van der Waals surface area contributed by atoms with E-state index in [1.54, 1.807) is 0 Å². The summed E-state index contributed by atoms with van der Waals surface area (Å²) in [6.45, 7) is 2.15. The molecule has 0 heterocycles. The number of carbonyl (C=O) groups excluding carboxylic acids is 1. The number of para-hydroxylation sites is 1. The topological polar surface area (TPSA) is 41.6 Å². The van der Waals surface area contributed by atoms with Crippen LogP contribution >= 0.6 is 0 Å². The predicted molar refractivity (Wildman–Crippen MR) is 92.7 cm³/mol. The molecule has 4 heteroatoms. The Morgan fingerprint density at radius 1 is 1.04 bits per heavy atom. The summed E-state index contributed by atoms with van der Waals surface area (Å²) in [5.41, 5.74) is 1.72. The van der Waals surface area contributed by atoms with Crippen LogP contribution < -0.4 is 10.1 Å². The summed E-state index contributed by atoms with van der Waals surface area (Å²) in [6, 6.07) is 17.2. The largest absolute Gasteiger partial charge is 0.489 e. The maximum Gasteiger partial charge on any atom is 0.251 e. The molecule has 2 aromatic rings. The molecule has 0 atom stereocenters. The lowest BCUT2D eigenvalue weighted by atomic mass is 10.1. The molecule has 0 saturated heterocycles. The summed E-state index contributed by atoms with van der Waals surface area (Å²) >= 11 is 0.